The van der Waals surface area contributed by atoms with Crippen LogP contribution in [0.15, 0.2) is 5.38 Å². The fourth-order valence-electron chi connectivity index (χ4n) is 1.28. The summed E-state index contributed by atoms with van der Waals surface area (Å²) in [6.45, 7) is 4.69. The van der Waals surface area contributed by atoms with Gasteiger partial charge in [0, 0.05) is 18.0 Å². The molecule has 0 saturated heterocycles. The number of amides is 1. The molecule has 1 atom stereocenters. The zero-order valence-corrected chi connectivity index (χ0v) is 10.8. The number of thiazole rings is 1. The maximum Gasteiger partial charge on any atom is 0.271 e. The van der Waals surface area contributed by atoms with Gasteiger partial charge in [-0.05, 0) is 13.3 Å². The number of carbonyl (C=O) groups is 1. The molecule has 0 fully saturated rings. The van der Waals surface area contributed by atoms with Crippen LogP contribution in [0.1, 0.15) is 37.2 Å². The highest BCUT2D eigenvalue weighted by Gasteiger charge is 2.14. The molecule has 0 aliphatic carbocycles. The van der Waals surface area contributed by atoms with Gasteiger partial charge in [0.2, 0.25) is 0 Å². The van der Waals surface area contributed by atoms with Gasteiger partial charge in [0.1, 0.15) is 5.69 Å². The zero-order chi connectivity index (χ0) is 12.7. The van der Waals surface area contributed by atoms with Crippen molar-refractivity contribution in [1.82, 2.24) is 10.3 Å². The van der Waals surface area contributed by atoms with Crippen molar-refractivity contribution < 1.29 is 4.79 Å². The van der Waals surface area contributed by atoms with Crippen LogP contribution >= 0.6 is 11.3 Å². The summed E-state index contributed by atoms with van der Waals surface area (Å²) in [5.41, 5.74) is 0.405. The highest BCUT2D eigenvalue weighted by Crippen LogP contribution is 2.15. The number of nitrogens with one attached hydrogen (secondary N) is 2. The second kappa shape index (κ2) is 6.86. The molecule has 1 amide bonds. The highest BCUT2D eigenvalue weighted by molar-refractivity contribution is 7.13. The fraction of sp³-hybridized carbons (Fsp3) is 0.545. The maximum absolute atomic E-state index is 11.8. The van der Waals surface area contributed by atoms with Gasteiger partial charge in [-0.3, -0.25) is 4.79 Å². The van der Waals surface area contributed by atoms with E-state index in [-0.39, 0.29) is 11.9 Å². The highest BCUT2D eigenvalue weighted by atomic mass is 32.1. The molecule has 0 unspecified atom stereocenters. The number of hydrogen-bond acceptors (Lipinski definition) is 5. The summed E-state index contributed by atoms with van der Waals surface area (Å²) < 4.78 is 0. The molecule has 0 aliphatic rings. The zero-order valence-electron chi connectivity index (χ0n) is 9.99. The van der Waals surface area contributed by atoms with Gasteiger partial charge in [0.25, 0.3) is 5.91 Å². The minimum atomic E-state index is -0.215. The van der Waals surface area contributed by atoms with E-state index in [1.165, 1.54) is 11.3 Å². The molecule has 0 spiro atoms. The van der Waals surface area contributed by atoms with Crippen LogP contribution < -0.4 is 10.6 Å². The van der Waals surface area contributed by atoms with Gasteiger partial charge in [0.15, 0.2) is 5.13 Å². The van der Waals surface area contributed by atoms with Crippen LogP contribution in [-0.2, 0) is 0 Å². The molecule has 0 aliphatic heterocycles. The van der Waals surface area contributed by atoms with Gasteiger partial charge >= 0.3 is 0 Å². The summed E-state index contributed by atoms with van der Waals surface area (Å²) in [5, 5.41) is 16.9. The SMILES string of the molecule is CCNc1nc(C(=O)N[C@@H](CC)CC#N)cs1. The number of nitrogens with zero attached hydrogens (tertiary/aromatic N) is 2. The van der Waals surface area contributed by atoms with Gasteiger partial charge < -0.3 is 10.6 Å². The van der Waals surface area contributed by atoms with Crippen molar-refractivity contribution in [3.63, 3.8) is 0 Å². The van der Waals surface area contributed by atoms with Crippen LogP contribution in [0.3, 0.4) is 0 Å². The molecule has 92 valence electrons. The van der Waals surface area contributed by atoms with Gasteiger partial charge in [-0.15, -0.1) is 11.3 Å². The first-order chi connectivity index (χ1) is 8.21. The van der Waals surface area contributed by atoms with Crippen LogP contribution in [0, 0.1) is 11.3 Å². The molecule has 17 heavy (non-hydrogen) atoms. The number of rotatable bonds is 6. The quantitative estimate of drug-likeness (QED) is 0.811. The van der Waals surface area contributed by atoms with Crippen molar-refractivity contribution >= 4 is 22.4 Å². The van der Waals surface area contributed by atoms with Crippen molar-refractivity contribution in [2.24, 2.45) is 0 Å². The lowest BCUT2D eigenvalue weighted by Gasteiger charge is -2.11. The first-order valence-corrected chi connectivity index (χ1v) is 6.46. The van der Waals surface area contributed by atoms with Crippen LogP contribution in [0.25, 0.3) is 0 Å². The number of aromatic nitrogens is 1. The number of carbonyl (C=O) groups excluding carboxylic acids is 1. The smallest absolute Gasteiger partial charge is 0.271 e. The lowest BCUT2D eigenvalue weighted by atomic mass is 10.1. The van der Waals surface area contributed by atoms with Crippen molar-refractivity contribution in [2.45, 2.75) is 32.7 Å². The maximum atomic E-state index is 11.8. The molecule has 0 saturated carbocycles. The topological polar surface area (TPSA) is 77.8 Å². The van der Waals surface area contributed by atoms with Crippen molar-refractivity contribution in [2.75, 3.05) is 11.9 Å². The van der Waals surface area contributed by atoms with E-state index < -0.39 is 0 Å². The summed E-state index contributed by atoms with van der Waals surface area (Å²) in [6.07, 6.45) is 1.07. The van der Waals surface area contributed by atoms with Gasteiger partial charge in [0.05, 0.1) is 12.5 Å². The van der Waals surface area contributed by atoms with Gasteiger partial charge in [-0.25, -0.2) is 4.98 Å². The normalized spacial score (nSPS) is 11.6. The molecule has 1 aromatic rings. The average molecular weight is 252 g/mol. The Labute approximate surface area is 105 Å². The third-order valence-electron chi connectivity index (χ3n) is 2.23. The lowest BCUT2D eigenvalue weighted by molar-refractivity contribution is 0.0932. The third kappa shape index (κ3) is 4.04. The number of anilines is 1. The second-order valence-electron chi connectivity index (χ2n) is 3.51. The molecule has 0 aromatic carbocycles. The molecule has 2 N–H and O–H groups in total. The fourth-order valence-corrected chi connectivity index (χ4v) is 2.04. The monoisotopic (exact) mass is 252 g/mol. The van der Waals surface area contributed by atoms with Crippen molar-refractivity contribution in [3.8, 4) is 6.07 Å². The Balaban J connectivity index is 2.59. The Hall–Kier alpha value is -1.61. The Morgan fingerprint density at radius 2 is 2.41 bits per heavy atom. The first kappa shape index (κ1) is 13.5. The molecule has 5 nitrogen and oxygen atoms in total. The minimum absolute atomic E-state index is 0.100. The molecule has 0 radical (unpaired) electrons. The van der Waals surface area contributed by atoms with Crippen LogP contribution in [0.5, 0.6) is 0 Å². The summed E-state index contributed by atoms with van der Waals surface area (Å²) in [5.74, 6) is -0.215. The Morgan fingerprint density at radius 3 is 3.00 bits per heavy atom. The van der Waals surface area contributed by atoms with Crippen molar-refractivity contribution in [3.05, 3.63) is 11.1 Å². The largest absolute Gasteiger partial charge is 0.362 e. The van der Waals surface area contributed by atoms with E-state index in [0.29, 0.717) is 12.1 Å². The summed E-state index contributed by atoms with van der Waals surface area (Å²) >= 11 is 1.40. The van der Waals surface area contributed by atoms with E-state index in [4.69, 9.17) is 5.26 Å². The van der Waals surface area contributed by atoms with E-state index in [0.717, 1.165) is 18.1 Å². The third-order valence-corrected chi connectivity index (χ3v) is 3.03. The summed E-state index contributed by atoms with van der Waals surface area (Å²) in [4.78, 5) is 16.0. The van der Waals surface area contributed by atoms with Crippen LogP contribution in [0.2, 0.25) is 0 Å². The molecule has 1 rings (SSSR count). The van der Waals surface area contributed by atoms with Crippen molar-refractivity contribution in [1.29, 1.82) is 5.26 Å². The standard InChI is InChI=1S/C11H16N4OS/c1-3-8(5-6-12)14-10(16)9-7-17-11(15-9)13-4-2/h7-8H,3-5H2,1-2H3,(H,13,15)(H,14,16)/t8-/m0/s1. The van der Waals surface area contributed by atoms with E-state index in [2.05, 4.69) is 21.7 Å². The van der Waals surface area contributed by atoms with E-state index >= 15 is 0 Å². The van der Waals surface area contributed by atoms with Gasteiger partial charge in [-0.1, -0.05) is 6.92 Å². The Bertz CT molecular complexity index is 410. The van der Waals surface area contributed by atoms with Gasteiger partial charge in [-0.2, -0.15) is 5.26 Å². The predicted octanol–water partition coefficient (Wildman–Crippen LogP) is 2.00. The van der Waals surface area contributed by atoms with E-state index in [9.17, 15) is 4.79 Å². The van der Waals surface area contributed by atoms with E-state index in [1.54, 1.807) is 5.38 Å². The average Bonchev–Trinajstić information content (AvgIpc) is 2.77. The molecule has 0 bridgehead atoms. The van der Waals surface area contributed by atoms with Crippen LogP contribution in [-0.4, -0.2) is 23.5 Å². The number of nitriles is 1. The first-order valence-electron chi connectivity index (χ1n) is 5.58. The number of hydrogen-bond donors (Lipinski definition) is 2. The molecule has 1 aromatic heterocycles. The van der Waals surface area contributed by atoms with Crippen LogP contribution in [0.4, 0.5) is 5.13 Å². The predicted molar refractivity (Wildman–Crippen MR) is 68.1 cm³/mol. The minimum Gasteiger partial charge on any atom is -0.362 e. The summed E-state index contributed by atoms with van der Waals surface area (Å²) in [7, 11) is 0. The van der Waals surface area contributed by atoms with E-state index in [1.807, 2.05) is 13.8 Å². The Morgan fingerprint density at radius 1 is 1.65 bits per heavy atom. The Kier molecular flexibility index (Phi) is 5.43. The summed E-state index contributed by atoms with van der Waals surface area (Å²) in [6, 6.07) is 1.96. The molecular formula is C11H16N4OS. The molecule has 1 heterocycles. The molecular weight excluding hydrogens is 236 g/mol. The second-order valence-corrected chi connectivity index (χ2v) is 4.37. The lowest BCUT2D eigenvalue weighted by Crippen LogP contribution is -2.34. The molecule has 6 heteroatoms.